The predicted octanol–water partition coefficient (Wildman–Crippen LogP) is 2.34. The fraction of sp³-hybridized carbons (Fsp3) is 0.0833. The molecule has 0 aliphatic heterocycles. The number of sulfonamides is 1. The van der Waals surface area contributed by atoms with Crippen LogP contribution in [0.25, 0.3) is 0 Å². The Morgan fingerprint density at radius 2 is 1.89 bits per heavy atom. The van der Waals surface area contributed by atoms with Crippen LogP contribution in [0.3, 0.4) is 0 Å². The van der Waals surface area contributed by atoms with Crippen molar-refractivity contribution in [1.82, 2.24) is 0 Å². The number of esters is 1. The molecule has 100 valence electrons. The van der Waals surface area contributed by atoms with Crippen molar-refractivity contribution in [1.29, 1.82) is 0 Å². The molecule has 5 nitrogen and oxygen atoms in total. The third-order valence-electron chi connectivity index (χ3n) is 2.35. The molecule has 0 aliphatic rings. The summed E-state index contributed by atoms with van der Waals surface area (Å²) in [5, 5.41) is 2.85. The molecule has 0 amide bonds. The summed E-state index contributed by atoms with van der Waals surface area (Å²) in [6.07, 6.45) is 0. The zero-order chi connectivity index (χ0) is 13.9. The lowest BCUT2D eigenvalue weighted by molar-refractivity contribution is 0.0597. The number of methoxy groups -OCH3 is 1. The fourth-order valence-electron chi connectivity index (χ4n) is 1.47. The number of hydrogen-bond acceptors (Lipinski definition) is 5. The van der Waals surface area contributed by atoms with E-state index < -0.39 is 16.0 Å². The van der Waals surface area contributed by atoms with Crippen molar-refractivity contribution in [2.75, 3.05) is 11.8 Å². The molecule has 1 N–H and O–H groups in total. The van der Waals surface area contributed by atoms with E-state index in [1.165, 1.54) is 17.9 Å². The molecular weight excluding hydrogens is 286 g/mol. The SMILES string of the molecule is COC(=O)c1cscc1S(=O)(=O)Nc1ccccc1. The fourth-order valence-corrected chi connectivity index (χ4v) is 3.88. The van der Waals surface area contributed by atoms with Crippen molar-refractivity contribution < 1.29 is 17.9 Å². The number of carbonyl (C=O) groups excluding carboxylic acids is 1. The molecule has 0 fully saturated rings. The monoisotopic (exact) mass is 297 g/mol. The van der Waals surface area contributed by atoms with Crippen LogP contribution < -0.4 is 4.72 Å². The van der Waals surface area contributed by atoms with Gasteiger partial charge in [0, 0.05) is 16.4 Å². The summed E-state index contributed by atoms with van der Waals surface area (Å²) in [7, 11) is -2.59. The van der Waals surface area contributed by atoms with E-state index in [0.29, 0.717) is 5.69 Å². The predicted molar refractivity (Wildman–Crippen MR) is 72.9 cm³/mol. The van der Waals surface area contributed by atoms with Gasteiger partial charge in [-0.3, -0.25) is 4.72 Å². The van der Waals surface area contributed by atoms with E-state index in [0.717, 1.165) is 11.3 Å². The molecule has 1 aromatic heterocycles. The van der Waals surface area contributed by atoms with Gasteiger partial charge in [-0.2, -0.15) is 11.3 Å². The van der Waals surface area contributed by atoms with Crippen molar-refractivity contribution in [3.63, 3.8) is 0 Å². The van der Waals surface area contributed by atoms with Crippen molar-refractivity contribution in [3.8, 4) is 0 Å². The van der Waals surface area contributed by atoms with E-state index in [-0.39, 0.29) is 10.5 Å². The summed E-state index contributed by atoms with van der Waals surface area (Å²) in [5.74, 6) is -0.672. The summed E-state index contributed by atoms with van der Waals surface area (Å²) in [5.41, 5.74) is 0.473. The van der Waals surface area contributed by atoms with E-state index in [1.807, 2.05) is 0 Å². The molecule has 7 heteroatoms. The van der Waals surface area contributed by atoms with Gasteiger partial charge in [-0.05, 0) is 12.1 Å². The summed E-state index contributed by atoms with van der Waals surface area (Å²) in [6.45, 7) is 0. The molecular formula is C12H11NO4S2. The van der Waals surface area contributed by atoms with Crippen LogP contribution in [0, 0.1) is 0 Å². The third kappa shape index (κ3) is 2.94. The van der Waals surface area contributed by atoms with Gasteiger partial charge in [0.1, 0.15) is 4.90 Å². The van der Waals surface area contributed by atoms with E-state index in [9.17, 15) is 13.2 Å². The first-order chi connectivity index (χ1) is 9.04. The van der Waals surface area contributed by atoms with Crippen LogP contribution in [0.4, 0.5) is 5.69 Å². The molecule has 0 saturated carbocycles. The molecule has 0 aliphatic carbocycles. The Hall–Kier alpha value is -1.86. The second-order valence-corrected chi connectivity index (χ2v) is 6.01. The highest BCUT2D eigenvalue weighted by atomic mass is 32.2. The van der Waals surface area contributed by atoms with Gasteiger partial charge >= 0.3 is 5.97 Å². The number of ether oxygens (including phenoxy) is 1. The normalized spacial score (nSPS) is 11.0. The number of nitrogens with one attached hydrogen (secondary N) is 1. The van der Waals surface area contributed by atoms with Crippen LogP contribution in [-0.2, 0) is 14.8 Å². The van der Waals surface area contributed by atoms with Gasteiger partial charge in [0.05, 0.1) is 12.7 Å². The largest absolute Gasteiger partial charge is 0.465 e. The zero-order valence-corrected chi connectivity index (χ0v) is 11.6. The molecule has 0 atom stereocenters. The highest BCUT2D eigenvalue weighted by Crippen LogP contribution is 2.23. The van der Waals surface area contributed by atoms with Gasteiger partial charge in [0.25, 0.3) is 10.0 Å². The maximum Gasteiger partial charge on any atom is 0.340 e. The summed E-state index contributed by atoms with van der Waals surface area (Å²) in [6, 6.07) is 8.46. The molecule has 0 spiro atoms. The molecule has 2 rings (SSSR count). The van der Waals surface area contributed by atoms with Crippen molar-refractivity contribution in [2.45, 2.75) is 4.90 Å². The first-order valence-corrected chi connectivity index (χ1v) is 7.69. The van der Waals surface area contributed by atoms with E-state index >= 15 is 0 Å². The molecule has 0 bridgehead atoms. The molecule has 19 heavy (non-hydrogen) atoms. The second kappa shape index (κ2) is 5.41. The Morgan fingerprint density at radius 1 is 1.21 bits per heavy atom. The number of benzene rings is 1. The molecule has 0 radical (unpaired) electrons. The van der Waals surface area contributed by atoms with E-state index in [1.54, 1.807) is 30.3 Å². The van der Waals surface area contributed by atoms with Crippen LogP contribution >= 0.6 is 11.3 Å². The van der Waals surface area contributed by atoms with Crippen LogP contribution in [-0.4, -0.2) is 21.5 Å². The van der Waals surface area contributed by atoms with Crippen molar-refractivity contribution in [2.24, 2.45) is 0 Å². The topological polar surface area (TPSA) is 72.5 Å². The number of thiophene rings is 1. The zero-order valence-electron chi connectivity index (χ0n) is 9.99. The first kappa shape index (κ1) is 13.6. The number of anilines is 1. The van der Waals surface area contributed by atoms with Crippen LogP contribution in [0.1, 0.15) is 10.4 Å². The lowest BCUT2D eigenvalue weighted by atomic mass is 10.3. The maximum absolute atomic E-state index is 12.2. The minimum atomic E-state index is -3.80. The Labute approximate surface area is 114 Å². The minimum absolute atomic E-state index is 0.0379. The minimum Gasteiger partial charge on any atom is -0.465 e. The average molecular weight is 297 g/mol. The lowest BCUT2D eigenvalue weighted by Crippen LogP contribution is -2.15. The summed E-state index contributed by atoms with van der Waals surface area (Å²) >= 11 is 1.13. The van der Waals surface area contributed by atoms with E-state index in [2.05, 4.69) is 9.46 Å². The van der Waals surface area contributed by atoms with Gasteiger partial charge < -0.3 is 4.74 Å². The van der Waals surface area contributed by atoms with Gasteiger partial charge in [-0.15, -0.1) is 0 Å². The lowest BCUT2D eigenvalue weighted by Gasteiger charge is -2.07. The summed E-state index contributed by atoms with van der Waals surface area (Å²) < 4.78 is 31.4. The van der Waals surface area contributed by atoms with Gasteiger partial charge in [-0.25, -0.2) is 13.2 Å². The molecule has 2 aromatic rings. The number of para-hydroxylation sites is 1. The average Bonchev–Trinajstić information content (AvgIpc) is 2.88. The third-order valence-corrected chi connectivity index (χ3v) is 4.66. The first-order valence-electron chi connectivity index (χ1n) is 5.27. The van der Waals surface area contributed by atoms with Gasteiger partial charge in [0.15, 0.2) is 0 Å². The van der Waals surface area contributed by atoms with Crippen molar-refractivity contribution in [3.05, 3.63) is 46.7 Å². The highest BCUT2D eigenvalue weighted by molar-refractivity contribution is 7.93. The Balaban J connectivity index is 2.36. The Morgan fingerprint density at radius 3 is 2.53 bits per heavy atom. The van der Waals surface area contributed by atoms with Crippen molar-refractivity contribution >= 4 is 33.0 Å². The van der Waals surface area contributed by atoms with Crippen LogP contribution in [0.5, 0.6) is 0 Å². The quantitative estimate of drug-likeness (QED) is 0.879. The molecule has 0 unspecified atom stereocenters. The molecule has 0 saturated heterocycles. The Kier molecular flexibility index (Phi) is 3.87. The number of carbonyl (C=O) groups is 1. The van der Waals surface area contributed by atoms with Crippen LogP contribution in [0.2, 0.25) is 0 Å². The van der Waals surface area contributed by atoms with Crippen LogP contribution in [0.15, 0.2) is 46.0 Å². The highest BCUT2D eigenvalue weighted by Gasteiger charge is 2.24. The number of hydrogen-bond donors (Lipinski definition) is 1. The Bertz CT molecular complexity index is 677. The smallest absolute Gasteiger partial charge is 0.340 e. The second-order valence-electron chi connectivity index (χ2n) is 3.61. The molecule has 1 aromatic carbocycles. The standard InChI is InChI=1S/C12H11NO4S2/c1-17-12(14)10-7-18-8-11(10)19(15,16)13-9-5-3-2-4-6-9/h2-8,13H,1H3. The van der Waals surface area contributed by atoms with E-state index in [4.69, 9.17) is 0 Å². The number of rotatable bonds is 4. The van der Waals surface area contributed by atoms with Gasteiger partial charge in [0.2, 0.25) is 0 Å². The summed E-state index contributed by atoms with van der Waals surface area (Å²) in [4.78, 5) is 11.4. The van der Waals surface area contributed by atoms with Gasteiger partial charge in [-0.1, -0.05) is 18.2 Å². The maximum atomic E-state index is 12.2. The molecule has 1 heterocycles.